The van der Waals surface area contributed by atoms with Gasteiger partial charge in [0.25, 0.3) is 5.91 Å². The minimum atomic E-state index is -0.999. The summed E-state index contributed by atoms with van der Waals surface area (Å²) in [6.07, 6.45) is 0. The minimum absolute atomic E-state index is 0.0841. The Labute approximate surface area is 109 Å². The average molecular weight is 267 g/mol. The van der Waals surface area contributed by atoms with Crippen molar-refractivity contribution in [3.05, 3.63) is 35.6 Å². The summed E-state index contributed by atoms with van der Waals surface area (Å²) in [5.41, 5.74) is 0.193. The summed E-state index contributed by atoms with van der Waals surface area (Å²) in [6.45, 7) is 0.259. The first-order valence-electron chi connectivity index (χ1n) is 5.84. The lowest BCUT2D eigenvalue weighted by Gasteiger charge is -2.26. The SMILES string of the molecule is CN(C(=O)c1cccc(F)c1)C1COCC1C(=O)O. The molecule has 0 aromatic heterocycles. The van der Waals surface area contributed by atoms with Crippen molar-refractivity contribution in [1.82, 2.24) is 4.90 Å². The summed E-state index contributed by atoms with van der Waals surface area (Å²) in [6, 6.07) is 4.78. The molecular formula is C13H14FNO4. The molecule has 1 heterocycles. The summed E-state index contributed by atoms with van der Waals surface area (Å²) in [7, 11) is 1.50. The van der Waals surface area contributed by atoms with E-state index in [0.29, 0.717) is 0 Å². The van der Waals surface area contributed by atoms with Gasteiger partial charge in [0.15, 0.2) is 0 Å². The Morgan fingerprint density at radius 1 is 1.42 bits per heavy atom. The van der Waals surface area contributed by atoms with Crippen LogP contribution in [0.1, 0.15) is 10.4 Å². The Hall–Kier alpha value is -1.95. The van der Waals surface area contributed by atoms with Crippen molar-refractivity contribution in [2.75, 3.05) is 20.3 Å². The van der Waals surface area contributed by atoms with Gasteiger partial charge in [0.2, 0.25) is 0 Å². The molecule has 1 aromatic carbocycles. The van der Waals surface area contributed by atoms with Crippen LogP contribution in [0.4, 0.5) is 4.39 Å². The topological polar surface area (TPSA) is 66.8 Å². The number of nitrogens with zero attached hydrogens (tertiary/aromatic N) is 1. The molecule has 19 heavy (non-hydrogen) atoms. The van der Waals surface area contributed by atoms with E-state index in [1.165, 1.54) is 30.1 Å². The zero-order valence-electron chi connectivity index (χ0n) is 10.4. The summed E-state index contributed by atoms with van der Waals surface area (Å²) < 4.78 is 18.2. The number of carbonyl (C=O) groups excluding carboxylic acids is 1. The van der Waals surface area contributed by atoms with Gasteiger partial charge in [0.05, 0.1) is 19.3 Å². The van der Waals surface area contributed by atoms with E-state index >= 15 is 0 Å². The van der Waals surface area contributed by atoms with Gasteiger partial charge < -0.3 is 14.7 Å². The van der Waals surface area contributed by atoms with E-state index in [1.54, 1.807) is 0 Å². The average Bonchev–Trinajstić information content (AvgIpc) is 2.86. The molecule has 102 valence electrons. The highest BCUT2D eigenvalue weighted by molar-refractivity contribution is 5.94. The summed E-state index contributed by atoms with van der Waals surface area (Å²) in [5, 5.41) is 9.05. The van der Waals surface area contributed by atoms with Crippen LogP contribution in [0.3, 0.4) is 0 Å². The second kappa shape index (κ2) is 5.36. The molecule has 0 bridgehead atoms. The van der Waals surface area contributed by atoms with Gasteiger partial charge in [0, 0.05) is 12.6 Å². The first-order chi connectivity index (χ1) is 9.00. The van der Waals surface area contributed by atoms with E-state index in [0.717, 1.165) is 6.07 Å². The number of hydrogen-bond donors (Lipinski definition) is 1. The van der Waals surface area contributed by atoms with Crippen LogP contribution in [-0.2, 0) is 9.53 Å². The number of benzene rings is 1. The predicted molar refractivity (Wildman–Crippen MR) is 64.2 cm³/mol. The number of likely N-dealkylation sites (N-methyl/N-ethyl adjacent to an activating group) is 1. The molecule has 2 unspecified atom stereocenters. The standard InChI is InChI=1S/C13H14FNO4/c1-15(11-7-19-6-10(11)13(17)18)12(16)8-3-2-4-9(14)5-8/h2-5,10-11H,6-7H2,1H3,(H,17,18). The second-order valence-corrected chi connectivity index (χ2v) is 4.48. The van der Waals surface area contributed by atoms with E-state index < -0.39 is 29.7 Å². The zero-order chi connectivity index (χ0) is 14.0. The molecule has 1 N–H and O–H groups in total. The number of carboxylic acids is 1. The summed E-state index contributed by atoms with van der Waals surface area (Å²) >= 11 is 0. The van der Waals surface area contributed by atoms with Gasteiger partial charge in [-0.2, -0.15) is 0 Å². The number of aliphatic carboxylic acids is 1. The first kappa shape index (κ1) is 13.5. The lowest BCUT2D eigenvalue weighted by molar-refractivity contribution is -0.142. The molecule has 0 saturated carbocycles. The summed E-state index contributed by atoms with van der Waals surface area (Å²) in [4.78, 5) is 24.5. The molecule has 1 aromatic rings. The van der Waals surface area contributed by atoms with Gasteiger partial charge in [-0.1, -0.05) is 6.07 Å². The highest BCUT2D eigenvalue weighted by Gasteiger charge is 2.38. The molecule has 0 aliphatic carbocycles. The van der Waals surface area contributed by atoms with Crippen molar-refractivity contribution in [1.29, 1.82) is 0 Å². The molecule has 5 nitrogen and oxygen atoms in total. The fourth-order valence-corrected chi connectivity index (χ4v) is 2.14. The maximum atomic E-state index is 13.1. The van der Waals surface area contributed by atoms with Crippen molar-refractivity contribution in [3.8, 4) is 0 Å². The van der Waals surface area contributed by atoms with E-state index in [2.05, 4.69) is 0 Å². The molecule has 1 amide bonds. The number of carbonyl (C=O) groups is 2. The van der Waals surface area contributed by atoms with Gasteiger partial charge in [-0.3, -0.25) is 9.59 Å². The highest BCUT2D eigenvalue weighted by Crippen LogP contribution is 2.20. The Bertz CT molecular complexity index is 505. The van der Waals surface area contributed by atoms with Crippen molar-refractivity contribution in [2.24, 2.45) is 5.92 Å². The molecule has 0 radical (unpaired) electrons. The van der Waals surface area contributed by atoms with E-state index in [4.69, 9.17) is 9.84 Å². The fourth-order valence-electron chi connectivity index (χ4n) is 2.14. The van der Waals surface area contributed by atoms with E-state index in [1.807, 2.05) is 0 Å². The van der Waals surface area contributed by atoms with Crippen molar-refractivity contribution < 1.29 is 23.8 Å². The Morgan fingerprint density at radius 3 is 2.79 bits per heavy atom. The molecular weight excluding hydrogens is 253 g/mol. The number of amides is 1. The largest absolute Gasteiger partial charge is 0.481 e. The molecule has 1 aliphatic heterocycles. The minimum Gasteiger partial charge on any atom is -0.481 e. The van der Waals surface area contributed by atoms with Crippen LogP contribution >= 0.6 is 0 Å². The predicted octanol–water partition coefficient (Wildman–Crippen LogP) is 0.997. The highest BCUT2D eigenvalue weighted by atomic mass is 19.1. The number of carboxylic acid groups (broad SMARTS) is 1. The lowest BCUT2D eigenvalue weighted by atomic mass is 10.0. The Balaban J connectivity index is 2.17. The quantitative estimate of drug-likeness (QED) is 0.887. The molecule has 2 atom stereocenters. The molecule has 6 heteroatoms. The molecule has 1 fully saturated rings. The van der Waals surface area contributed by atoms with Crippen molar-refractivity contribution in [2.45, 2.75) is 6.04 Å². The molecule has 2 rings (SSSR count). The van der Waals surface area contributed by atoms with Gasteiger partial charge in [-0.15, -0.1) is 0 Å². The van der Waals surface area contributed by atoms with E-state index in [9.17, 15) is 14.0 Å². The van der Waals surface area contributed by atoms with Gasteiger partial charge >= 0.3 is 5.97 Å². The number of rotatable bonds is 3. The maximum Gasteiger partial charge on any atom is 0.311 e. The van der Waals surface area contributed by atoms with Crippen molar-refractivity contribution in [3.63, 3.8) is 0 Å². The molecule has 1 saturated heterocycles. The normalized spacial score (nSPS) is 22.2. The van der Waals surface area contributed by atoms with Gasteiger partial charge in [0.1, 0.15) is 11.7 Å². The third-order valence-electron chi connectivity index (χ3n) is 3.26. The zero-order valence-corrected chi connectivity index (χ0v) is 10.4. The van der Waals surface area contributed by atoms with Crippen LogP contribution in [0.15, 0.2) is 24.3 Å². The smallest absolute Gasteiger partial charge is 0.311 e. The van der Waals surface area contributed by atoms with Crippen LogP contribution in [-0.4, -0.2) is 48.2 Å². The van der Waals surface area contributed by atoms with E-state index in [-0.39, 0.29) is 18.8 Å². The van der Waals surface area contributed by atoms with Crippen LogP contribution < -0.4 is 0 Å². The number of halogens is 1. The summed E-state index contributed by atoms with van der Waals surface area (Å²) in [5.74, 6) is -2.66. The fraction of sp³-hybridized carbons (Fsp3) is 0.385. The van der Waals surface area contributed by atoms with Crippen LogP contribution in [0.25, 0.3) is 0 Å². The Kier molecular flexibility index (Phi) is 3.80. The maximum absolute atomic E-state index is 13.1. The molecule has 1 aliphatic rings. The third kappa shape index (κ3) is 2.73. The molecule has 0 spiro atoms. The number of hydrogen-bond acceptors (Lipinski definition) is 3. The second-order valence-electron chi connectivity index (χ2n) is 4.48. The van der Waals surface area contributed by atoms with Crippen molar-refractivity contribution >= 4 is 11.9 Å². The van der Waals surface area contributed by atoms with Crippen LogP contribution in [0, 0.1) is 11.7 Å². The third-order valence-corrected chi connectivity index (χ3v) is 3.26. The van der Waals surface area contributed by atoms with Crippen LogP contribution in [0.2, 0.25) is 0 Å². The number of ether oxygens (including phenoxy) is 1. The first-order valence-corrected chi connectivity index (χ1v) is 5.84. The Morgan fingerprint density at radius 2 is 2.16 bits per heavy atom. The van der Waals surface area contributed by atoms with Crippen LogP contribution in [0.5, 0.6) is 0 Å². The lowest BCUT2D eigenvalue weighted by Crippen LogP contribution is -2.44. The monoisotopic (exact) mass is 267 g/mol. The van der Waals surface area contributed by atoms with Gasteiger partial charge in [-0.25, -0.2) is 4.39 Å². The van der Waals surface area contributed by atoms with Gasteiger partial charge in [-0.05, 0) is 18.2 Å².